The molecule has 0 aromatic carbocycles. The minimum atomic E-state index is 0.120. The van der Waals surface area contributed by atoms with Crippen LogP contribution < -0.4 is 5.32 Å². The fraction of sp³-hybridized carbons (Fsp3) is 0.357. The van der Waals surface area contributed by atoms with Gasteiger partial charge in [0.25, 0.3) is 0 Å². The van der Waals surface area contributed by atoms with Crippen molar-refractivity contribution in [3.05, 3.63) is 47.1 Å². The van der Waals surface area contributed by atoms with Gasteiger partial charge in [0.2, 0.25) is 0 Å². The summed E-state index contributed by atoms with van der Waals surface area (Å²) in [5, 5.41) is 3.79. The van der Waals surface area contributed by atoms with E-state index in [2.05, 4.69) is 34.1 Å². The van der Waals surface area contributed by atoms with Gasteiger partial charge in [0.1, 0.15) is 16.8 Å². The lowest BCUT2D eigenvalue weighted by molar-refractivity contribution is 0.817. The molecule has 0 fully saturated rings. The highest BCUT2D eigenvalue weighted by atomic mass is 35.5. The van der Waals surface area contributed by atoms with Gasteiger partial charge in [-0.3, -0.25) is 4.98 Å². The molecule has 100 valence electrons. The molecule has 0 aliphatic rings. The fourth-order valence-electron chi connectivity index (χ4n) is 1.81. The molecule has 0 aliphatic carbocycles. The Morgan fingerprint density at radius 2 is 2.21 bits per heavy atom. The lowest BCUT2D eigenvalue weighted by Crippen LogP contribution is -2.09. The number of pyridine rings is 1. The molecule has 0 radical (unpaired) electrons. The maximum absolute atomic E-state index is 6.01. The molecule has 2 rings (SSSR count). The Labute approximate surface area is 118 Å². The smallest absolute Gasteiger partial charge is 0.134 e. The zero-order valence-corrected chi connectivity index (χ0v) is 11.9. The van der Waals surface area contributed by atoms with Gasteiger partial charge in [-0.15, -0.1) is 0 Å². The summed E-state index contributed by atoms with van der Waals surface area (Å²) in [6.45, 7) is 4.15. The van der Waals surface area contributed by atoms with E-state index in [-0.39, 0.29) is 6.04 Å². The molecule has 0 spiro atoms. The molecule has 19 heavy (non-hydrogen) atoms. The van der Waals surface area contributed by atoms with E-state index in [1.165, 1.54) is 0 Å². The summed E-state index contributed by atoms with van der Waals surface area (Å²) in [6.07, 6.45) is 5.43. The van der Waals surface area contributed by atoms with Crippen molar-refractivity contribution in [1.29, 1.82) is 0 Å². The predicted octanol–water partition coefficient (Wildman–Crippen LogP) is 3.65. The summed E-state index contributed by atoms with van der Waals surface area (Å²) in [7, 11) is 0. The van der Waals surface area contributed by atoms with E-state index < -0.39 is 0 Å². The average Bonchev–Trinajstić information content (AvgIpc) is 2.39. The summed E-state index contributed by atoms with van der Waals surface area (Å²) >= 11 is 6.01. The minimum Gasteiger partial charge on any atom is -0.363 e. The molecule has 4 nitrogen and oxygen atoms in total. The number of hydrogen-bond donors (Lipinski definition) is 1. The number of nitrogens with zero attached hydrogens (tertiary/aromatic N) is 3. The van der Waals surface area contributed by atoms with Crippen LogP contribution in [-0.4, -0.2) is 15.0 Å². The first-order chi connectivity index (χ1) is 9.19. The van der Waals surface area contributed by atoms with Crippen molar-refractivity contribution >= 4 is 17.4 Å². The van der Waals surface area contributed by atoms with Crippen molar-refractivity contribution < 1.29 is 0 Å². The highest BCUT2D eigenvalue weighted by molar-refractivity contribution is 6.29. The standard InChI is InChI=1S/C14H17ClN4/c1-3-5-13-18-12(15)8-14(19-13)17-10(2)11-6-4-7-16-9-11/h4,6-10H,3,5H2,1-2H3,(H,17,18,19). The van der Waals surface area contributed by atoms with E-state index in [9.17, 15) is 0 Å². The van der Waals surface area contributed by atoms with Crippen molar-refractivity contribution in [3.63, 3.8) is 0 Å². The zero-order chi connectivity index (χ0) is 13.7. The van der Waals surface area contributed by atoms with E-state index in [1.54, 1.807) is 12.3 Å². The molecule has 1 N–H and O–H groups in total. The second-order valence-electron chi connectivity index (χ2n) is 4.39. The highest BCUT2D eigenvalue weighted by Gasteiger charge is 2.08. The molecule has 0 amide bonds. The first-order valence-electron chi connectivity index (χ1n) is 6.39. The van der Waals surface area contributed by atoms with Gasteiger partial charge in [-0.25, -0.2) is 9.97 Å². The third-order valence-electron chi connectivity index (χ3n) is 2.76. The topological polar surface area (TPSA) is 50.7 Å². The van der Waals surface area contributed by atoms with E-state index in [0.717, 1.165) is 30.0 Å². The Kier molecular flexibility index (Phi) is 4.68. The molecule has 2 aromatic rings. The Hall–Kier alpha value is -1.68. The van der Waals surface area contributed by atoms with Gasteiger partial charge in [0.15, 0.2) is 0 Å². The molecule has 0 aliphatic heterocycles. The summed E-state index contributed by atoms with van der Waals surface area (Å²) < 4.78 is 0. The van der Waals surface area contributed by atoms with Crippen molar-refractivity contribution in [2.45, 2.75) is 32.7 Å². The highest BCUT2D eigenvalue weighted by Crippen LogP contribution is 2.19. The molecule has 2 aromatic heterocycles. The molecule has 0 saturated carbocycles. The second kappa shape index (κ2) is 6.48. The molecule has 0 bridgehead atoms. The Morgan fingerprint density at radius 1 is 1.37 bits per heavy atom. The van der Waals surface area contributed by atoms with Crippen LogP contribution in [0.1, 0.15) is 37.7 Å². The number of anilines is 1. The first-order valence-corrected chi connectivity index (χ1v) is 6.76. The van der Waals surface area contributed by atoms with Crippen LogP contribution in [0.2, 0.25) is 5.15 Å². The lowest BCUT2D eigenvalue weighted by atomic mass is 10.1. The normalized spacial score (nSPS) is 12.2. The maximum Gasteiger partial charge on any atom is 0.134 e. The van der Waals surface area contributed by atoms with Crippen molar-refractivity contribution in [3.8, 4) is 0 Å². The Balaban J connectivity index is 2.14. The molecule has 1 atom stereocenters. The summed E-state index contributed by atoms with van der Waals surface area (Å²) in [4.78, 5) is 12.8. The molecular weight excluding hydrogens is 260 g/mol. The van der Waals surface area contributed by atoms with Crippen LogP contribution in [0.3, 0.4) is 0 Å². The van der Waals surface area contributed by atoms with E-state index in [1.807, 2.05) is 18.3 Å². The van der Waals surface area contributed by atoms with Crippen molar-refractivity contribution in [1.82, 2.24) is 15.0 Å². The first kappa shape index (κ1) is 13.7. The van der Waals surface area contributed by atoms with E-state index in [0.29, 0.717) is 5.15 Å². The monoisotopic (exact) mass is 276 g/mol. The number of hydrogen-bond acceptors (Lipinski definition) is 4. The van der Waals surface area contributed by atoms with Gasteiger partial charge in [-0.2, -0.15) is 0 Å². The summed E-state index contributed by atoms with van der Waals surface area (Å²) in [5.74, 6) is 1.52. The quantitative estimate of drug-likeness (QED) is 0.847. The van der Waals surface area contributed by atoms with Crippen LogP contribution in [0, 0.1) is 0 Å². The van der Waals surface area contributed by atoms with Crippen LogP contribution in [0.25, 0.3) is 0 Å². The molecule has 1 unspecified atom stereocenters. The van der Waals surface area contributed by atoms with Gasteiger partial charge < -0.3 is 5.32 Å². The lowest BCUT2D eigenvalue weighted by Gasteiger charge is -2.15. The van der Waals surface area contributed by atoms with Crippen LogP contribution >= 0.6 is 11.6 Å². The predicted molar refractivity (Wildman–Crippen MR) is 77.3 cm³/mol. The van der Waals surface area contributed by atoms with Gasteiger partial charge in [-0.05, 0) is 25.0 Å². The van der Waals surface area contributed by atoms with Gasteiger partial charge in [0, 0.05) is 24.9 Å². The maximum atomic E-state index is 6.01. The molecule has 5 heteroatoms. The number of halogens is 1. The molecular formula is C14H17ClN4. The average molecular weight is 277 g/mol. The second-order valence-corrected chi connectivity index (χ2v) is 4.78. The number of aromatic nitrogens is 3. The Bertz CT molecular complexity index is 530. The van der Waals surface area contributed by atoms with Crippen LogP contribution in [-0.2, 0) is 6.42 Å². The van der Waals surface area contributed by atoms with Crippen LogP contribution in [0.4, 0.5) is 5.82 Å². The van der Waals surface area contributed by atoms with Crippen molar-refractivity contribution in [2.24, 2.45) is 0 Å². The SMILES string of the molecule is CCCc1nc(Cl)cc(NC(C)c2cccnc2)n1. The van der Waals surface area contributed by atoms with Gasteiger partial charge >= 0.3 is 0 Å². The van der Waals surface area contributed by atoms with Gasteiger partial charge in [-0.1, -0.05) is 24.6 Å². The number of rotatable bonds is 5. The summed E-state index contributed by atoms with van der Waals surface area (Å²) in [6, 6.07) is 5.81. The third-order valence-corrected chi connectivity index (χ3v) is 2.96. The minimum absolute atomic E-state index is 0.120. The molecule has 2 heterocycles. The third kappa shape index (κ3) is 3.89. The number of aryl methyl sites for hydroxylation is 1. The largest absolute Gasteiger partial charge is 0.363 e. The fourth-order valence-corrected chi connectivity index (χ4v) is 2.01. The van der Waals surface area contributed by atoms with E-state index >= 15 is 0 Å². The van der Waals surface area contributed by atoms with Crippen LogP contribution in [0.5, 0.6) is 0 Å². The van der Waals surface area contributed by atoms with Crippen LogP contribution in [0.15, 0.2) is 30.6 Å². The number of nitrogens with one attached hydrogen (secondary N) is 1. The zero-order valence-electron chi connectivity index (χ0n) is 11.1. The molecule has 0 saturated heterocycles. The van der Waals surface area contributed by atoms with E-state index in [4.69, 9.17) is 11.6 Å². The Morgan fingerprint density at radius 3 is 2.89 bits per heavy atom. The summed E-state index contributed by atoms with van der Waals surface area (Å²) in [5.41, 5.74) is 1.11. The van der Waals surface area contributed by atoms with Gasteiger partial charge in [0.05, 0.1) is 6.04 Å². The van der Waals surface area contributed by atoms with Crippen molar-refractivity contribution in [2.75, 3.05) is 5.32 Å².